The normalized spacial score (nSPS) is 11.0. The van der Waals surface area contributed by atoms with E-state index in [-0.39, 0.29) is 12.6 Å². The van der Waals surface area contributed by atoms with Crippen molar-refractivity contribution in [3.05, 3.63) is 81.9 Å². The van der Waals surface area contributed by atoms with Gasteiger partial charge in [0.15, 0.2) is 0 Å². The van der Waals surface area contributed by atoms with E-state index < -0.39 is 0 Å². The predicted octanol–water partition coefficient (Wildman–Crippen LogP) is 5.71. The molecule has 2 aromatic carbocycles. The Morgan fingerprint density at radius 3 is 2.63 bits per heavy atom. The van der Waals surface area contributed by atoms with E-state index in [1.807, 2.05) is 45.0 Å². The minimum absolute atomic E-state index is 0.245. The van der Waals surface area contributed by atoms with Gasteiger partial charge in [0.2, 0.25) is 0 Å². The highest BCUT2D eigenvalue weighted by molar-refractivity contribution is 6.31. The van der Waals surface area contributed by atoms with Crippen LogP contribution >= 0.6 is 11.6 Å². The van der Waals surface area contributed by atoms with Gasteiger partial charge in [0, 0.05) is 30.7 Å². The number of carbonyl (C=O) groups excluding carboxylic acids is 1. The van der Waals surface area contributed by atoms with Crippen molar-refractivity contribution in [3.63, 3.8) is 0 Å². The summed E-state index contributed by atoms with van der Waals surface area (Å²) in [5, 5.41) is 0.586. The topological polar surface area (TPSA) is 75.5 Å². The molecule has 7 nitrogen and oxygen atoms in total. The molecule has 182 valence electrons. The van der Waals surface area contributed by atoms with Crippen LogP contribution in [0.4, 0.5) is 0 Å². The number of hydrogen-bond donors (Lipinski definition) is 0. The number of hydrogen-bond acceptors (Lipinski definition) is 6. The summed E-state index contributed by atoms with van der Waals surface area (Å²) in [4.78, 5) is 21.3. The number of pyridine rings is 1. The first-order valence-electron chi connectivity index (χ1n) is 11.4. The lowest BCUT2D eigenvalue weighted by Crippen LogP contribution is -2.08. The Hall–Kier alpha value is -3.58. The lowest BCUT2D eigenvalue weighted by molar-refractivity contribution is 0.0597. The third-order valence-electron chi connectivity index (χ3n) is 5.80. The van der Waals surface area contributed by atoms with Gasteiger partial charge in [-0.25, -0.2) is 9.78 Å². The third-order valence-corrected chi connectivity index (χ3v) is 6.13. The minimum atomic E-state index is -0.383. The summed E-state index contributed by atoms with van der Waals surface area (Å²) >= 11 is 6.44. The molecule has 0 aliphatic heterocycles. The maximum absolute atomic E-state index is 12.1. The zero-order chi connectivity index (χ0) is 24.9. The van der Waals surface area contributed by atoms with Crippen LogP contribution in [0.25, 0.3) is 11.0 Å². The van der Waals surface area contributed by atoms with Crippen LogP contribution in [-0.2, 0) is 24.3 Å². The van der Waals surface area contributed by atoms with Crippen molar-refractivity contribution in [2.45, 2.75) is 40.3 Å². The molecule has 0 atom stereocenters. The molecule has 0 fully saturated rings. The number of rotatable bonds is 9. The minimum Gasteiger partial charge on any atom is -0.492 e. The summed E-state index contributed by atoms with van der Waals surface area (Å²) in [6.07, 6.45) is 2.35. The van der Waals surface area contributed by atoms with Crippen LogP contribution in [0.5, 0.6) is 11.5 Å². The van der Waals surface area contributed by atoms with Gasteiger partial charge in [-0.1, -0.05) is 29.8 Å². The van der Waals surface area contributed by atoms with Gasteiger partial charge in [-0.2, -0.15) is 0 Å². The Kier molecular flexibility index (Phi) is 7.56. The second kappa shape index (κ2) is 10.8. The number of fused-ring (bicyclic) bond motifs is 1. The van der Waals surface area contributed by atoms with Crippen LogP contribution in [0.3, 0.4) is 0 Å². The molecule has 0 N–H and O–H groups in total. The summed E-state index contributed by atoms with van der Waals surface area (Å²) in [7, 11) is 1.37. The van der Waals surface area contributed by atoms with Crippen molar-refractivity contribution in [2.24, 2.45) is 0 Å². The molecule has 0 bridgehead atoms. The Morgan fingerprint density at radius 2 is 1.89 bits per heavy atom. The second-order valence-electron chi connectivity index (χ2n) is 8.14. The zero-order valence-electron chi connectivity index (χ0n) is 20.3. The molecule has 4 aromatic rings. The number of ether oxygens (including phenoxy) is 3. The van der Waals surface area contributed by atoms with Gasteiger partial charge >= 0.3 is 5.97 Å². The molecule has 0 spiro atoms. The Bertz CT molecular complexity index is 1370. The molecule has 0 aliphatic rings. The Balaban J connectivity index is 1.56. The average Bonchev–Trinajstić information content (AvgIpc) is 3.17. The summed E-state index contributed by atoms with van der Waals surface area (Å²) in [5.41, 5.74) is 4.97. The van der Waals surface area contributed by atoms with E-state index in [1.165, 1.54) is 7.11 Å². The monoisotopic (exact) mass is 493 g/mol. The van der Waals surface area contributed by atoms with Crippen LogP contribution in [0, 0.1) is 13.8 Å². The number of benzene rings is 2. The quantitative estimate of drug-likeness (QED) is 0.278. The van der Waals surface area contributed by atoms with Gasteiger partial charge in [-0.05, 0) is 38.5 Å². The fourth-order valence-corrected chi connectivity index (χ4v) is 4.30. The van der Waals surface area contributed by atoms with Gasteiger partial charge in [0.25, 0.3) is 0 Å². The van der Waals surface area contributed by atoms with E-state index >= 15 is 0 Å². The van der Waals surface area contributed by atoms with Crippen molar-refractivity contribution < 1.29 is 19.0 Å². The smallest absolute Gasteiger partial charge is 0.338 e. The summed E-state index contributed by atoms with van der Waals surface area (Å²) in [6, 6.07) is 13.0. The number of esters is 1. The van der Waals surface area contributed by atoms with E-state index in [2.05, 4.69) is 9.55 Å². The molecule has 0 saturated heterocycles. The Morgan fingerprint density at radius 1 is 1.09 bits per heavy atom. The van der Waals surface area contributed by atoms with Crippen molar-refractivity contribution in [1.82, 2.24) is 14.5 Å². The lowest BCUT2D eigenvalue weighted by Gasteiger charge is -2.12. The van der Waals surface area contributed by atoms with Gasteiger partial charge in [0.1, 0.15) is 23.9 Å². The van der Waals surface area contributed by atoms with Crippen molar-refractivity contribution >= 4 is 28.6 Å². The number of nitrogens with zero attached hydrogens (tertiary/aromatic N) is 3. The van der Waals surface area contributed by atoms with Crippen LogP contribution in [0.1, 0.15) is 39.9 Å². The maximum Gasteiger partial charge on any atom is 0.338 e. The highest BCUT2D eigenvalue weighted by atomic mass is 35.5. The maximum atomic E-state index is 12.1. The Labute approximate surface area is 209 Å². The second-order valence-corrected chi connectivity index (χ2v) is 8.55. The molecule has 0 aliphatic carbocycles. The molecule has 0 saturated carbocycles. The van der Waals surface area contributed by atoms with E-state index in [4.69, 9.17) is 30.8 Å². The highest BCUT2D eigenvalue weighted by Crippen LogP contribution is 2.28. The van der Waals surface area contributed by atoms with Crippen molar-refractivity contribution in [1.29, 1.82) is 0 Å². The molecular formula is C27H28ClN3O4. The molecule has 0 radical (unpaired) electrons. The molecule has 2 heterocycles. The number of halogens is 1. The van der Waals surface area contributed by atoms with Crippen LogP contribution < -0.4 is 9.47 Å². The average molecular weight is 494 g/mol. The third kappa shape index (κ3) is 5.41. The van der Waals surface area contributed by atoms with Gasteiger partial charge in [-0.3, -0.25) is 4.98 Å². The number of methoxy groups -OCH3 is 1. The van der Waals surface area contributed by atoms with Gasteiger partial charge < -0.3 is 18.8 Å². The number of imidazole rings is 1. The molecular weight excluding hydrogens is 466 g/mol. The van der Waals surface area contributed by atoms with E-state index in [0.717, 1.165) is 33.7 Å². The fourth-order valence-electron chi connectivity index (χ4n) is 4.05. The highest BCUT2D eigenvalue weighted by Gasteiger charge is 2.15. The van der Waals surface area contributed by atoms with E-state index in [0.29, 0.717) is 41.7 Å². The van der Waals surface area contributed by atoms with Gasteiger partial charge in [0.05, 0.1) is 47.2 Å². The molecule has 0 unspecified atom stereocenters. The summed E-state index contributed by atoms with van der Waals surface area (Å²) in [5.74, 6) is 1.88. The first-order chi connectivity index (χ1) is 16.9. The molecule has 8 heteroatoms. The van der Waals surface area contributed by atoms with Crippen molar-refractivity contribution in [3.8, 4) is 11.5 Å². The van der Waals surface area contributed by atoms with Crippen LogP contribution in [0.15, 0.2) is 48.7 Å². The predicted molar refractivity (Wildman–Crippen MR) is 135 cm³/mol. The molecule has 35 heavy (non-hydrogen) atoms. The first kappa shape index (κ1) is 24.5. The van der Waals surface area contributed by atoms with Crippen LogP contribution in [-0.4, -0.2) is 34.2 Å². The molecule has 0 amide bonds. The SMILES string of the molecule is CCOc1cnc(CCn2c(C)nc3c(C)cc(OCc4ccccc4C(=O)OC)cc32)c(Cl)c1. The number of carbonyl (C=O) groups is 1. The van der Waals surface area contributed by atoms with E-state index in [9.17, 15) is 4.79 Å². The van der Waals surface area contributed by atoms with Crippen molar-refractivity contribution in [2.75, 3.05) is 13.7 Å². The van der Waals surface area contributed by atoms with Gasteiger partial charge in [-0.15, -0.1) is 0 Å². The standard InChI is InChI=1S/C27H28ClN3O4/c1-5-34-21-13-23(28)24(29-15-21)10-11-31-18(3)30-26-17(2)12-20(14-25(26)31)35-16-19-8-6-7-9-22(19)27(32)33-4/h6-9,12-15H,5,10-11,16H2,1-4H3. The molecule has 4 rings (SSSR count). The number of aromatic nitrogens is 3. The first-order valence-corrected chi connectivity index (χ1v) is 11.8. The summed E-state index contributed by atoms with van der Waals surface area (Å²) in [6.45, 7) is 7.40. The molecule has 2 aromatic heterocycles. The van der Waals surface area contributed by atoms with Crippen LogP contribution in [0.2, 0.25) is 5.02 Å². The lowest BCUT2D eigenvalue weighted by atomic mass is 10.1. The largest absolute Gasteiger partial charge is 0.492 e. The number of aryl methyl sites for hydroxylation is 4. The van der Waals surface area contributed by atoms with E-state index in [1.54, 1.807) is 24.4 Å². The summed E-state index contributed by atoms with van der Waals surface area (Å²) < 4.78 is 18.6. The fraction of sp³-hybridized carbons (Fsp3) is 0.296. The zero-order valence-corrected chi connectivity index (χ0v) is 21.1.